The average molecular weight is 261 g/mol. The Morgan fingerprint density at radius 3 is 2.84 bits per heavy atom. The van der Waals surface area contributed by atoms with E-state index in [1.165, 1.54) is 0 Å². The van der Waals surface area contributed by atoms with Crippen molar-refractivity contribution < 1.29 is 19.2 Å². The van der Waals surface area contributed by atoms with Gasteiger partial charge in [-0.25, -0.2) is 0 Å². The maximum absolute atomic E-state index is 10.6. The molecule has 0 aliphatic rings. The molecule has 2 aromatic rings. The predicted octanol–water partition coefficient (Wildman–Crippen LogP) is 2.54. The Hall–Kier alpha value is -2.30. The Morgan fingerprint density at radius 1 is 1.42 bits per heavy atom. The number of rotatable bonds is 5. The monoisotopic (exact) mass is 261 g/mol. The summed E-state index contributed by atoms with van der Waals surface area (Å²) in [5.74, 6) is 0.257. The molecule has 5 heteroatoms. The van der Waals surface area contributed by atoms with Gasteiger partial charge in [-0.1, -0.05) is 18.1 Å². The molecule has 1 heterocycles. The van der Waals surface area contributed by atoms with E-state index in [0.717, 1.165) is 17.5 Å². The fraction of sp³-hybridized carbons (Fsp3) is 0.286. The number of hydrogen-bond acceptors (Lipinski definition) is 4. The van der Waals surface area contributed by atoms with E-state index in [9.17, 15) is 4.79 Å². The van der Waals surface area contributed by atoms with Crippen molar-refractivity contribution in [1.82, 2.24) is 5.16 Å². The Balaban J connectivity index is 2.39. The zero-order valence-electron chi connectivity index (χ0n) is 10.8. The molecule has 0 bridgehead atoms. The van der Waals surface area contributed by atoms with Gasteiger partial charge >= 0.3 is 5.97 Å². The molecule has 1 N–H and O–H groups in total. The van der Waals surface area contributed by atoms with E-state index in [-0.39, 0.29) is 6.42 Å². The van der Waals surface area contributed by atoms with E-state index in [2.05, 4.69) is 12.1 Å². The molecule has 0 fully saturated rings. The van der Waals surface area contributed by atoms with Crippen molar-refractivity contribution in [2.75, 3.05) is 7.11 Å². The van der Waals surface area contributed by atoms with E-state index < -0.39 is 5.97 Å². The summed E-state index contributed by atoms with van der Waals surface area (Å²) in [4.78, 5) is 10.6. The lowest BCUT2D eigenvalue weighted by Crippen LogP contribution is -1.99. The number of aromatic nitrogens is 1. The molecule has 0 aliphatic heterocycles. The summed E-state index contributed by atoms with van der Waals surface area (Å²) in [5.41, 5.74) is 2.32. The van der Waals surface area contributed by atoms with Gasteiger partial charge in [-0.2, -0.15) is 0 Å². The summed E-state index contributed by atoms with van der Waals surface area (Å²) in [5, 5.41) is 12.5. The minimum absolute atomic E-state index is 0.153. The normalized spacial score (nSPS) is 10.4. The molecule has 5 nitrogen and oxygen atoms in total. The fourth-order valence-electron chi connectivity index (χ4n) is 1.84. The predicted molar refractivity (Wildman–Crippen MR) is 69.2 cm³/mol. The van der Waals surface area contributed by atoms with Crippen LogP contribution in [0.15, 0.2) is 28.8 Å². The van der Waals surface area contributed by atoms with Crippen molar-refractivity contribution in [2.45, 2.75) is 19.8 Å². The highest BCUT2D eigenvalue weighted by Gasteiger charge is 2.14. The van der Waals surface area contributed by atoms with Gasteiger partial charge in [0.1, 0.15) is 5.75 Å². The third kappa shape index (κ3) is 2.93. The third-order valence-corrected chi connectivity index (χ3v) is 2.83. The van der Waals surface area contributed by atoms with Crippen LogP contribution >= 0.6 is 0 Å². The Bertz CT molecular complexity index is 589. The van der Waals surface area contributed by atoms with E-state index >= 15 is 0 Å². The molecule has 2 rings (SSSR count). The van der Waals surface area contributed by atoms with Crippen molar-refractivity contribution >= 4 is 5.97 Å². The zero-order chi connectivity index (χ0) is 13.8. The summed E-state index contributed by atoms with van der Waals surface area (Å²) in [6.07, 6.45) is 0.742. The second kappa shape index (κ2) is 5.56. The molecule has 0 atom stereocenters. The Kier molecular flexibility index (Phi) is 3.85. The van der Waals surface area contributed by atoms with Crippen LogP contribution in [0.4, 0.5) is 0 Å². The first-order valence-electron chi connectivity index (χ1n) is 5.98. The highest BCUT2D eigenvalue weighted by atomic mass is 16.5. The number of benzene rings is 1. The molecule has 0 radical (unpaired) electrons. The van der Waals surface area contributed by atoms with Gasteiger partial charge in [0.15, 0.2) is 5.76 Å². The molecule has 1 aromatic heterocycles. The molecule has 1 aromatic carbocycles. The lowest BCUT2D eigenvalue weighted by atomic mass is 10.1. The van der Waals surface area contributed by atoms with Crippen LogP contribution in [-0.4, -0.2) is 23.3 Å². The van der Waals surface area contributed by atoms with Crippen molar-refractivity contribution in [3.05, 3.63) is 35.5 Å². The number of ether oxygens (including phenoxy) is 1. The summed E-state index contributed by atoms with van der Waals surface area (Å²) in [7, 11) is 1.58. The molecule has 0 spiro atoms. The van der Waals surface area contributed by atoms with E-state index in [4.69, 9.17) is 14.4 Å². The van der Waals surface area contributed by atoms with Crippen LogP contribution in [0.3, 0.4) is 0 Å². The van der Waals surface area contributed by atoms with E-state index in [1.54, 1.807) is 13.2 Å². The van der Waals surface area contributed by atoms with Gasteiger partial charge in [0.25, 0.3) is 0 Å². The number of carboxylic acid groups (broad SMARTS) is 1. The summed E-state index contributed by atoms with van der Waals surface area (Å²) in [6, 6.07) is 7.44. The van der Waals surface area contributed by atoms with Crippen LogP contribution in [-0.2, 0) is 17.6 Å². The maximum Gasteiger partial charge on any atom is 0.309 e. The van der Waals surface area contributed by atoms with E-state index in [1.807, 2.05) is 18.2 Å². The quantitative estimate of drug-likeness (QED) is 0.895. The minimum atomic E-state index is -0.936. The van der Waals surface area contributed by atoms with E-state index in [0.29, 0.717) is 17.2 Å². The number of carbonyl (C=O) groups is 1. The van der Waals surface area contributed by atoms with Crippen LogP contribution in [0, 0.1) is 0 Å². The molecule has 0 unspecified atom stereocenters. The molecular weight excluding hydrogens is 246 g/mol. The molecule has 0 saturated carbocycles. The second-order valence-electron chi connectivity index (χ2n) is 4.14. The number of methoxy groups -OCH3 is 1. The minimum Gasteiger partial charge on any atom is -0.496 e. The molecule has 0 saturated heterocycles. The van der Waals surface area contributed by atoms with Gasteiger partial charge in [-0.05, 0) is 24.1 Å². The lowest BCUT2D eigenvalue weighted by molar-refractivity contribution is -0.136. The second-order valence-corrected chi connectivity index (χ2v) is 4.14. The van der Waals surface area contributed by atoms with Crippen LogP contribution in [0.25, 0.3) is 11.3 Å². The molecule has 19 heavy (non-hydrogen) atoms. The standard InChI is InChI=1S/C14H15NO4/c1-3-9-4-5-12(18-2)11(6-9)13-7-10(15-19-13)8-14(16)17/h4-7H,3,8H2,1-2H3,(H,16,17). The first kappa shape index (κ1) is 13.1. The first-order chi connectivity index (χ1) is 9.13. The van der Waals surface area contributed by atoms with Crippen LogP contribution in [0.2, 0.25) is 0 Å². The van der Waals surface area contributed by atoms with Gasteiger partial charge in [0.05, 0.1) is 24.8 Å². The average Bonchev–Trinajstić information content (AvgIpc) is 2.85. The number of nitrogens with zero attached hydrogens (tertiary/aromatic N) is 1. The smallest absolute Gasteiger partial charge is 0.309 e. The van der Waals surface area contributed by atoms with Crippen LogP contribution in [0.5, 0.6) is 5.75 Å². The third-order valence-electron chi connectivity index (χ3n) is 2.83. The summed E-state index contributed by atoms with van der Waals surface area (Å²) < 4.78 is 10.5. The SMILES string of the molecule is CCc1ccc(OC)c(-c2cc(CC(=O)O)no2)c1. The number of aryl methyl sites for hydroxylation is 1. The highest BCUT2D eigenvalue weighted by molar-refractivity contribution is 5.71. The van der Waals surface area contributed by atoms with Gasteiger partial charge in [-0.3, -0.25) is 4.79 Å². The van der Waals surface area contributed by atoms with Crippen molar-refractivity contribution in [1.29, 1.82) is 0 Å². The highest BCUT2D eigenvalue weighted by Crippen LogP contribution is 2.31. The largest absolute Gasteiger partial charge is 0.496 e. The Labute approximate surface area is 110 Å². The number of aliphatic carboxylic acids is 1. The molecule has 0 aliphatic carbocycles. The lowest BCUT2D eigenvalue weighted by Gasteiger charge is -2.07. The fourth-order valence-corrected chi connectivity index (χ4v) is 1.84. The van der Waals surface area contributed by atoms with Gasteiger partial charge in [-0.15, -0.1) is 0 Å². The van der Waals surface area contributed by atoms with Gasteiger partial charge in [0, 0.05) is 6.07 Å². The Morgan fingerprint density at radius 2 is 2.21 bits per heavy atom. The van der Waals surface area contributed by atoms with Gasteiger partial charge < -0.3 is 14.4 Å². The summed E-state index contributed by atoms with van der Waals surface area (Å²) in [6.45, 7) is 2.06. The molecular formula is C14H15NO4. The summed E-state index contributed by atoms with van der Waals surface area (Å²) >= 11 is 0. The molecule has 0 amide bonds. The van der Waals surface area contributed by atoms with Gasteiger partial charge in [0.2, 0.25) is 0 Å². The number of hydrogen-bond donors (Lipinski definition) is 1. The zero-order valence-corrected chi connectivity index (χ0v) is 10.8. The van der Waals surface area contributed by atoms with Crippen molar-refractivity contribution in [3.8, 4) is 17.1 Å². The number of carboxylic acids is 1. The molecule has 100 valence electrons. The van der Waals surface area contributed by atoms with Crippen molar-refractivity contribution in [2.24, 2.45) is 0 Å². The van der Waals surface area contributed by atoms with Crippen molar-refractivity contribution in [3.63, 3.8) is 0 Å². The van der Waals surface area contributed by atoms with Crippen LogP contribution in [0.1, 0.15) is 18.2 Å². The first-order valence-corrected chi connectivity index (χ1v) is 5.98. The topological polar surface area (TPSA) is 72.6 Å². The van der Waals surface area contributed by atoms with Crippen LogP contribution < -0.4 is 4.74 Å². The maximum atomic E-state index is 10.6.